The molecular formula is C26H23N3O3. The Morgan fingerprint density at radius 3 is 2.12 bits per heavy atom. The molecule has 1 fully saturated rings. The van der Waals surface area contributed by atoms with Gasteiger partial charge in [0.2, 0.25) is 17.6 Å². The second-order valence-electron chi connectivity index (χ2n) is 8.14. The van der Waals surface area contributed by atoms with E-state index in [4.69, 9.17) is 9.26 Å². The highest BCUT2D eigenvalue weighted by atomic mass is 16.5. The van der Waals surface area contributed by atoms with Gasteiger partial charge in [0, 0.05) is 24.2 Å². The number of ether oxygens (including phenoxy) is 1. The summed E-state index contributed by atoms with van der Waals surface area (Å²) >= 11 is 0. The van der Waals surface area contributed by atoms with Gasteiger partial charge in [0.15, 0.2) is 0 Å². The van der Waals surface area contributed by atoms with Crippen molar-refractivity contribution in [3.8, 4) is 22.9 Å². The lowest BCUT2D eigenvalue weighted by molar-refractivity contribution is -0.117. The van der Waals surface area contributed by atoms with E-state index in [9.17, 15) is 4.79 Å². The highest BCUT2D eigenvalue weighted by Crippen LogP contribution is 2.32. The molecule has 1 unspecified atom stereocenters. The zero-order valence-electron chi connectivity index (χ0n) is 18.0. The maximum Gasteiger partial charge on any atom is 0.232 e. The summed E-state index contributed by atoms with van der Waals surface area (Å²) in [6, 6.07) is 23.4. The predicted molar refractivity (Wildman–Crippen MR) is 122 cm³/mol. The summed E-state index contributed by atoms with van der Waals surface area (Å²) in [5, 5.41) is 4.13. The summed E-state index contributed by atoms with van der Waals surface area (Å²) in [6.45, 7) is 4.60. The number of benzene rings is 3. The van der Waals surface area contributed by atoms with Crippen molar-refractivity contribution in [3.63, 3.8) is 0 Å². The van der Waals surface area contributed by atoms with E-state index < -0.39 is 0 Å². The Morgan fingerprint density at radius 1 is 0.875 bits per heavy atom. The first-order chi connectivity index (χ1) is 15.5. The minimum atomic E-state index is -0.116. The molecule has 0 bridgehead atoms. The van der Waals surface area contributed by atoms with E-state index >= 15 is 0 Å². The van der Waals surface area contributed by atoms with E-state index in [0.717, 1.165) is 28.3 Å². The van der Waals surface area contributed by atoms with Gasteiger partial charge >= 0.3 is 0 Å². The summed E-state index contributed by atoms with van der Waals surface area (Å²) < 4.78 is 11.4. The molecule has 1 saturated heterocycles. The van der Waals surface area contributed by atoms with E-state index in [0.29, 0.717) is 24.7 Å². The van der Waals surface area contributed by atoms with Crippen LogP contribution >= 0.6 is 0 Å². The lowest BCUT2D eigenvalue weighted by atomic mass is 10.1. The lowest BCUT2D eigenvalue weighted by Crippen LogP contribution is -2.24. The quantitative estimate of drug-likeness (QED) is 0.412. The van der Waals surface area contributed by atoms with Crippen molar-refractivity contribution in [2.24, 2.45) is 0 Å². The summed E-state index contributed by atoms with van der Waals surface area (Å²) in [4.78, 5) is 18.9. The van der Waals surface area contributed by atoms with Crippen LogP contribution in [0.25, 0.3) is 11.4 Å². The Balaban J connectivity index is 1.28. The van der Waals surface area contributed by atoms with Crippen molar-refractivity contribution in [1.82, 2.24) is 10.1 Å². The summed E-state index contributed by atoms with van der Waals surface area (Å²) in [5.41, 5.74) is 4.07. The molecule has 1 amide bonds. The first-order valence-corrected chi connectivity index (χ1v) is 10.6. The number of nitrogens with zero attached hydrogens (tertiary/aromatic N) is 3. The molecule has 1 atom stereocenters. The lowest BCUT2D eigenvalue weighted by Gasteiger charge is -2.16. The minimum absolute atomic E-state index is 0.0659. The van der Waals surface area contributed by atoms with Crippen LogP contribution in [-0.2, 0) is 4.79 Å². The average Bonchev–Trinajstić information content (AvgIpc) is 3.44. The van der Waals surface area contributed by atoms with Crippen molar-refractivity contribution >= 4 is 11.6 Å². The van der Waals surface area contributed by atoms with Gasteiger partial charge in [-0.25, -0.2) is 0 Å². The Hall–Kier alpha value is -3.93. The van der Waals surface area contributed by atoms with Crippen LogP contribution < -0.4 is 9.64 Å². The number of carbonyl (C=O) groups is 1. The SMILES string of the molecule is Cc1ccc(Oc2ccc(-c3noc(C4CC(=O)N(c5ccc(C)cc5)C4)n3)cc2)cc1. The molecule has 0 radical (unpaired) electrons. The van der Waals surface area contributed by atoms with Gasteiger partial charge in [-0.15, -0.1) is 0 Å². The van der Waals surface area contributed by atoms with Crippen molar-refractivity contribution in [2.75, 3.05) is 11.4 Å². The van der Waals surface area contributed by atoms with Crippen LogP contribution in [0.1, 0.15) is 29.4 Å². The van der Waals surface area contributed by atoms with Crippen molar-refractivity contribution in [2.45, 2.75) is 26.2 Å². The third-order valence-electron chi connectivity index (χ3n) is 5.63. The molecule has 6 nitrogen and oxygen atoms in total. The number of amides is 1. The number of aromatic nitrogens is 2. The van der Waals surface area contributed by atoms with E-state index in [1.165, 1.54) is 5.56 Å². The van der Waals surface area contributed by atoms with E-state index in [1.54, 1.807) is 4.90 Å². The highest BCUT2D eigenvalue weighted by molar-refractivity contribution is 5.96. The molecule has 0 spiro atoms. The average molecular weight is 425 g/mol. The fraction of sp³-hybridized carbons (Fsp3) is 0.192. The zero-order valence-corrected chi connectivity index (χ0v) is 18.0. The molecule has 32 heavy (non-hydrogen) atoms. The molecule has 0 N–H and O–H groups in total. The van der Waals surface area contributed by atoms with Gasteiger partial charge in [-0.3, -0.25) is 4.79 Å². The third-order valence-corrected chi connectivity index (χ3v) is 5.63. The molecular weight excluding hydrogens is 402 g/mol. The first-order valence-electron chi connectivity index (χ1n) is 10.6. The van der Waals surface area contributed by atoms with Crippen LogP contribution in [0.15, 0.2) is 77.3 Å². The maximum absolute atomic E-state index is 12.5. The molecule has 4 aromatic rings. The molecule has 160 valence electrons. The summed E-state index contributed by atoms with van der Waals surface area (Å²) in [6.07, 6.45) is 0.360. The topological polar surface area (TPSA) is 68.5 Å². The molecule has 0 aliphatic carbocycles. The number of carbonyl (C=O) groups excluding carboxylic acids is 1. The van der Waals surface area contributed by atoms with Crippen LogP contribution in [0.5, 0.6) is 11.5 Å². The van der Waals surface area contributed by atoms with Crippen LogP contribution in [0.2, 0.25) is 0 Å². The molecule has 3 aromatic carbocycles. The number of rotatable bonds is 5. The molecule has 6 heteroatoms. The maximum atomic E-state index is 12.5. The first kappa shape index (κ1) is 20.0. The van der Waals surface area contributed by atoms with E-state index in [1.807, 2.05) is 86.6 Å². The predicted octanol–water partition coefficient (Wildman–Crippen LogP) is 5.67. The molecule has 1 aliphatic heterocycles. The van der Waals surface area contributed by atoms with Crippen LogP contribution in [0.4, 0.5) is 5.69 Å². The number of anilines is 1. The van der Waals surface area contributed by atoms with Gasteiger partial charge in [-0.1, -0.05) is 40.5 Å². The fourth-order valence-corrected chi connectivity index (χ4v) is 3.78. The number of hydrogen-bond acceptors (Lipinski definition) is 5. The van der Waals surface area contributed by atoms with Gasteiger partial charge in [0.1, 0.15) is 11.5 Å². The van der Waals surface area contributed by atoms with Crippen molar-refractivity contribution in [1.29, 1.82) is 0 Å². The monoisotopic (exact) mass is 425 g/mol. The van der Waals surface area contributed by atoms with Gasteiger partial charge in [0.25, 0.3) is 0 Å². The molecule has 2 heterocycles. The van der Waals surface area contributed by atoms with Gasteiger partial charge in [0.05, 0.1) is 5.92 Å². The van der Waals surface area contributed by atoms with E-state index in [-0.39, 0.29) is 11.8 Å². The Labute approximate surface area is 186 Å². The summed E-state index contributed by atoms with van der Waals surface area (Å²) in [5.74, 6) is 2.46. The minimum Gasteiger partial charge on any atom is -0.457 e. The van der Waals surface area contributed by atoms with Crippen LogP contribution in [-0.4, -0.2) is 22.6 Å². The highest BCUT2D eigenvalue weighted by Gasteiger charge is 2.35. The second-order valence-corrected chi connectivity index (χ2v) is 8.14. The number of hydrogen-bond donors (Lipinski definition) is 0. The van der Waals surface area contributed by atoms with Gasteiger partial charge in [-0.2, -0.15) is 4.98 Å². The Kier molecular flexibility index (Phi) is 5.19. The van der Waals surface area contributed by atoms with Gasteiger partial charge in [-0.05, 0) is 62.4 Å². The Bertz CT molecular complexity index is 1230. The third kappa shape index (κ3) is 4.12. The fourth-order valence-electron chi connectivity index (χ4n) is 3.78. The second kappa shape index (κ2) is 8.30. The zero-order chi connectivity index (χ0) is 22.1. The molecule has 0 saturated carbocycles. The van der Waals surface area contributed by atoms with Crippen molar-refractivity contribution in [3.05, 3.63) is 89.8 Å². The molecule has 1 aliphatic rings. The smallest absolute Gasteiger partial charge is 0.232 e. The van der Waals surface area contributed by atoms with Crippen LogP contribution in [0.3, 0.4) is 0 Å². The van der Waals surface area contributed by atoms with Crippen molar-refractivity contribution < 1.29 is 14.1 Å². The van der Waals surface area contributed by atoms with E-state index in [2.05, 4.69) is 10.1 Å². The summed E-state index contributed by atoms with van der Waals surface area (Å²) in [7, 11) is 0. The van der Waals surface area contributed by atoms with Gasteiger partial charge < -0.3 is 14.2 Å². The van der Waals surface area contributed by atoms with Crippen LogP contribution in [0, 0.1) is 13.8 Å². The standard InChI is InChI=1S/C26H23N3O3/c1-17-3-9-21(10-4-17)29-16-20(15-24(29)30)26-27-25(28-32-26)19-7-13-23(14-8-19)31-22-11-5-18(2)6-12-22/h3-14,20H,15-16H2,1-2H3. The molecule has 1 aromatic heterocycles. The normalized spacial score (nSPS) is 15.9. The molecule has 5 rings (SSSR count). The number of aryl methyl sites for hydroxylation is 2. The largest absolute Gasteiger partial charge is 0.457 e. The Morgan fingerprint density at radius 2 is 1.47 bits per heavy atom.